The summed E-state index contributed by atoms with van der Waals surface area (Å²) >= 11 is 5.75. The molecular weight excluding hydrogens is 423 g/mol. The number of thiophene rings is 2. The molecule has 1 atom stereocenters. The van der Waals surface area contributed by atoms with Crippen molar-refractivity contribution in [1.29, 1.82) is 0 Å². The smallest absolute Gasteiger partial charge is 0.317 e. The Hall–Kier alpha value is -0.220. The third kappa shape index (κ3) is 2.98. The maximum atomic E-state index is 12.4. The highest BCUT2D eigenvalue weighted by molar-refractivity contribution is 14.1. The summed E-state index contributed by atoms with van der Waals surface area (Å²) in [5.74, 6) is -0.193. The summed E-state index contributed by atoms with van der Waals surface area (Å²) in [7, 11) is 1.50. The van der Waals surface area contributed by atoms with Crippen LogP contribution in [-0.4, -0.2) is 37.5 Å². The van der Waals surface area contributed by atoms with Gasteiger partial charge in [-0.1, -0.05) is 0 Å². The van der Waals surface area contributed by atoms with Crippen LogP contribution in [0.3, 0.4) is 0 Å². The molecule has 2 aromatic heterocycles. The third-order valence-corrected chi connectivity index (χ3v) is 6.98. The van der Waals surface area contributed by atoms with Crippen LogP contribution < -0.4 is 0 Å². The Labute approximate surface area is 144 Å². The molecule has 0 spiro atoms. The zero-order valence-electron chi connectivity index (χ0n) is 11.4. The summed E-state index contributed by atoms with van der Waals surface area (Å²) < 4.78 is 14.1. The zero-order valence-corrected chi connectivity index (χ0v) is 15.2. The van der Waals surface area contributed by atoms with Gasteiger partial charge in [0.05, 0.1) is 9.49 Å². The minimum absolute atomic E-state index is 0.102. The molecule has 2 heterocycles. The number of rotatable bonds is 6. The van der Waals surface area contributed by atoms with Gasteiger partial charge >= 0.3 is 5.97 Å². The zero-order chi connectivity index (χ0) is 15.0. The number of ether oxygens (including phenoxy) is 2. The Morgan fingerprint density at radius 2 is 2.14 bits per heavy atom. The molecule has 0 aliphatic heterocycles. The minimum Gasteiger partial charge on any atom is -0.462 e. The van der Waals surface area contributed by atoms with Crippen LogP contribution in [0.1, 0.15) is 17.7 Å². The Bertz CT molecular complexity index is 624. The number of hydrogen-bond acceptors (Lipinski definition) is 6. The van der Waals surface area contributed by atoms with E-state index in [-0.39, 0.29) is 19.2 Å². The van der Waals surface area contributed by atoms with Gasteiger partial charge in [-0.15, -0.1) is 22.7 Å². The number of methoxy groups -OCH3 is 1. The maximum Gasteiger partial charge on any atom is 0.317 e. The highest BCUT2D eigenvalue weighted by atomic mass is 127. The van der Waals surface area contributed by atoms with Crippen LogP contribution in [0.2, 0.25) is 0 Å². The predicted molar refractivity (Wildman–Crippen MR) is 92.2 cm³/mol. The lowest BCUT2D eigenvalue weighted by Gasteiger charge is -2.16. The molecule has 21 heavy (non-hydrogen) atoms. The van der Waals surface area contributed by atoms with E-state index in [2.05, 4.69) is 34.7 Å². The van der Waals surface area contributed by atoms with E-state index in [0.717, 1.165) is 17.7 Å². The first-order valence-electron chi connectivity index (χ1n) is 6.59. The molecule has 1 saturated carbocycles. The van der Waals surface area contributed by atoms with E-state index in [4.69, 9.17) is 14.6 Å². The van der Waals surface area contributed by atoms with Crippen LogP contribution in [0, 0.1) is 2.88 Å². The summed E-state index contributed by atoms with van der Waals surface area (Å²) in [6.07, 6.45) is 1.24. The van der Waals surface area contributed by atoms with Crippen molar-refractivity contribution in [3.05, 3.63) is 19.9 Å². The largest absolute Gasteiger partial charge is 0.462 e. The normalized spacial score (nSPS) is 17.9. The Kier molecular flexibility index (Phi) is 4.56. The van der Waals surface area contributed by atoms with E-state index in [1.807, 2.05) is 0 Å². The summed E-state index contributed by atoms with van der Waals surface area (Å²) in [5, 5.41) is 9.05. The van der Waals surface area contributed by atoms with Crippen molar-refractivity contribution in [2.24, 2.45) is 0 Å². The number of hydrogen-bond donors (Lipinski definition) is 1. The van der Waals surface area contributed by atoms with Crippen LogP contribution in [0.15, 0.2) is 12.1 Å². The predicted octanol–water partition coefficient (Wildman–Crippen LogP) is 3.15. The van der Waals surface area contributed by atoms with E-state index in [1.54, 1.807) is 22.7 Å². The maximum absolute atomic E-state index is 12.4. The van der Waals surface area contributed by atoms with Crippen molar-refractivity contribution in [3.8, 4) is 0 Å². The molecule has 0 radical (unpaired) electrons. The molecular formula is C14H15IO4S2. The number of halogens is 1. The van der Waals surface area contributed by atoms with E-state index in [1.165, 1.54) is 19.4 Å². The van der Waals surface area contributed by atoms with E-state index in [9.17, 15) is 4.79 Å². The van der Waals surface area contributed by atoms with Gasteiger partial charge in [0.15, 0.2) is 0 Å². The summed E-state index contributed by atoms with van der Waals surface area (Å²) in [5.41, 5.74) is -0.456. The fraction of sp³-hybridized carbons (Fsp3) is 0.500. The second kappa shape index (κ2) is 6.11. The first-order chi connectivity index (χ1) is 10.1. The summed E-state index contributed by atoms with van der Waals surface area (Å²) in [6.45, 7) is -0.0465. The molecule has 3 rings (SSSR count). The molecule has 114 valence electrons. The van der Waals surface area contributed by atoms with Gasteiger partial charge in [-0.25, -0.2) is 0 Å². The molecule has 1 fully saturated rings. The minimum atomic E-state index is -0.456. The third-order valence-electron chi connectivity index (χ3n) is 3.73. The Morgan fingerprint density at radius 3 is 2.71 bits per heavy atom. The first-order valence-corrected chi connectivity index (χ1v) is 9.30. The standard InChI is InChI=1S/C14H15IO4S2/c1-18-8(6-16)7-19-13(17)14(2-3-14)11-4-9-10(20-11)5-12(15)21-9/h4-5,8,16H,2-3,6-7H2,1H3. The van der Waals surface area contributed by atoms with Crippen molar-refractivity contribution in [2.45, 2.75) is 24.4 Å². The lowest BCUT2D eigenvalue weighted by Crippen LogP contribution is -2.29. The average Bonchev–Trinajstić information content (AvgIpc) is 3.08. The topological polar surface area (TPSA) is 55.8 Å². The van der Waals surface area contributed by atoms with Crippen molar-refractivity contribution in [1.82, 2.24) is 0 Å². The summed E-state index contributed by atoms with van der Waals surface area (Å²) in [6, 6.07) is 4.28. The average molecular weight is 438 g/mol. The quantitative estimate of drug-likeness (QED) is 0.556. The van der Waals surface area contributed by atoms with Crippen molar-refractivity contribution < 1.29 is 19.4 Å². The number of fused-ring (bicyclic) bond motifs is 1. The van der Waals surface area contributed by atoms with Gasteiger partial charge in [-0.3, -0.25) is 4.79 Å². The molecule has 1 aliphatic carbocycles. The van der Waals surface area contributed by atoms with Gasteiger partial charge < -0.3 is 14.6 Å². The van der Waals surface area contributed by atoms with Gasteiger partial charge in [-0.05, 0) is 47.6 Å². The molecule has 7 heteroatoms. The van der Waals surface area contributed by atoms with Crippen LogP contribution in [-0.2, 0) is 19.7 Å². The van der Waals surface area contributed by atoms with E-state index >= 15 is 0 Å². The lowest BCUT2D eigenvalue weighted by atomic mass is 10.1. The summed E-state index contributed by atoms with van der Waals surface area (Å²) in [4.78, 5) is 13.5. The lowest BCUT2D eigenvalue weighted by molar-refractivity contribution is -0.151. The monoisotopic (exact) mass is 438 g/mol. The van der Waals surface area contributed by atoms with E-state index in [0.29, 0.717) is 0 Å². The molecule has 1 N–H and O–H groups in total. The van der Waals surface area contributed by atoms with Crippen molar-refractivity contribution in [3.63, 3.8) is 0 Å². The molecule has 1 aliphatic rings. The highest BCUT2D eigenvalue weighted by Gasteiger charge is 2.54. The van der Waals surface area contributed by atoms with E-state index < -0.39 is 11.5 Å². The SMILES string of the molecule is COC(CO)COC(=O)C1(c2cc3sc(I)cc3s2)CC1. The van der Waals surface area contributed by atoms with Gasteiger partial charge in [0.25, 0.3) is 0 Å². The van der Waals surface area contributed by atoms with Crippen LogP contribution in [0.5, 0.6) is 0 Å². The second-order valence-electron chi connectivity index (χ2n) is 5.11. The molecule has 0 aromatic carbocycles. The molecule has 1 unspecified atom stereocenters. The second-order valence-corrected chi connectivity index (χ2v) is 9.17. The van der Waals surface area contributed by atoms with Gasteiger partial charge in [0, 0.05) is 21.4 Å². The van der Waals surface area contributed by atoms with Gasteiger partial charge in [-0.2, -0.15) is 0 Å². The number of aliphatic hydroxyl groups is 1. The van der Waals surface area contributed by atoms with Crippen LogP contribution in [0.4, 0.5) is 0 Å². The van der Waals surface area contributed by atoms with Crippen LogP contribution >= 0.6 is 45.3 Å². The molecule has 0 amide bonds. The Morgan fingerprint density at radius 1 is 1.43 bits per heavy atom. The van der Waals surface area contributed by atoms with Crippen molar-refractivity contribution >= 4 is 60.6 Å². The molecule has 4 nitrogen and oxygen atoms in total. The number of esters is 1. The van der Waals surface area contributed by atoms with Crippen molar-refractivity contribution in [2.75, 3.05) is 20.3 Å². The number of carbonyl (C=O) groups excluding carboxylic acids is 1. The molecule has 0 bridgehead atoms. The molecule has 2 aromatic rings. The fourth-order valence-electron chi connectivity index (χ4n) is 2.22. The fourth-order valence-corrected chi connectivity index (χ4v) is 5.81. The van der Waals surface area contributed by atoms with Crippen LogP contribution in [0.25, 0.3) is 9.40 Å². The van der Waals surface area contributed by atoms with Gasteiger partial charge in [0.1, 0.15) is 18.1 Å². The van der Waals surface area contributed by atoms with Gasteiger partial charge in [0.2, 0.25) is 0 Å². The Balaban J connectivity index is 1.74. The molecule has 0 saturated heterocycles. The highest BCUT2D eigenvalue weighted by Crippen LogP contribution is 2.53. The number of aliphatic hydroxyl groups excluding tert-OH is 1. The number of carbonyl (C=O) groups is 1. The first kappa shape index (κ1) is 15.7.